The van der Waals surface area contributed by atoms with E-state index in [0.717, 1.165) is 0 Å². The summed E-state index contributed by atoms with van der Waals surface area (Å²) >= 11 is 0. The molecular weight excluding hydrogens is 209 g/mol. The number of ether oxygens (including phenoxy) is 1. The Balaban J connectivity index is 2.20. The van der Waals surface area contributed by atoms with E-state index in [1.807, 2.05) is 0 Å². The van der Waals surface area contributed by atoms with Crippen LogP contribution in [0.3, 0.4) is 0 Å². The molecule has 0 saturated heterocycles. The van der Waals surface area contributed by atoms with Crippen molar-refractivity contribution in [1.82, 2.24) is 10.2 Å². The number of hydrogen-bond donors (Lipinski definition) is 1. The van der Waals surface area contributed by atoms with Crippen LogP contribution in [0.4, 0.5) is 4.39 Å². The molecule has 2 rings (SSSR count). The van der Waals surface area contributed by atoms with Crippen LogP contribution in [0, 0.1) is 5.82 Å². The van der Waals surface area contributed by atoms with Gasteiger partial charge < -0.3 is 10.5 Å². The summed E-state index contributed by atoms with van der Waals surface area (Å²) in [7, 11) is 0. The van der Waals surface area contributed by atoms with Gasteiger partial charge >= 0.3 is 0 Å². The first kappa shape index (κ1) is 10.5. The van der Waals surface area contributed by atoms with Crippen LogP contribution in [-0.4, -0.2) is 10.2 Å². The molecule has 2 N–H and O–H groups in total. The third-order valence-electron chi connectivity index (χ3n) is 2.01. The lowest BCUT2D eigenvalue weighted by atomic mass is 10.2. The minimum Gasteiger partial charge on any atom is -0.437 e. The number of rotatable bonds is 3. The van der Waals surface area contributed by atoms with Gasteiger partial charge in [0.15, 0.2) is 0 Å². The maximum Gasteiger partial charge on any atom is 0.238 e. The molecule has 0 aliphatic carbocycles. The standard InChI is InChI=1S/C11H10FN3O/c12-10-6-9(4-3-8(10)7-13)16-11-2-1-5-14-15-11/h1-6H,7,13H2. The van der Waals surface area contributed by atoms with Crippen LogP contribution in [0.2, 0.25) is 0 Å². The topological polar surface area (TPSA) is 61.0 Å². The predicted octanol–water partition coefficient (Wildman–Crippen LogP) is 1.87. The molecular formula is C11H10FN3O. The van der Waals surface area contributed by atoms with Crippen molar-refractivity contribution in [2.24, 2.45) is 5.73 Å². The Kier molecular flexibility index (Phi) is 3.07. The smallest absolute Gasteiger partial charge is 0.238 e. The van der Waals surface area contributed by atoms with E-state index in [2.05, 4.69) is 10.2 Å². The molecule has 16 heavy (non-hydrogen) atoms. The van der Waals surface area contributed by atoms with E-state index in [4.69, 9.17) is 10.5 Å². The van der Waals surface area contributed by atoms with Crippen molar-refractivity contribution in [1.29, 1.82) is 0 Å². The van der Waals surface area contributed by atoms with Gasteiger partial charge in [-0.2, -0.15) is 5.10 Å². The molecule has 0 atom stereocenters. The average Bonchev–Trinajstić information content (AvgIpc) is 2.31. The first-order valence-electron chi connectivity index (χ1n) is 4.73. The molecule has 2 aromatic rings. The molecule has 0 amide bonds. The lowest BCUT2D eigenvalue weighted by Gasteiger charge is -2.05. The molecule has 0 unspecified atom stereocenters. The van der Waals surface area contributed by atoms with Gasteiger partial charge in [-0.05, 0) is 12.1 Å². The fraction of sp³-hybridized carbons (Fsp3) is 0.0909. The molecule has 4 nitrogen and oxygen atoms in total. The highest BCUT2D eigenvalue weighted by atomic mass is 19.1. The largest absolute Gasteiger partial charge is 0.437 e. The maximum absolute atomic E-state index is 13.4. The fourth-order valence-corrected chi connectivity index (χ4v) is 1.22. The van der Waals surface area contributed by atoms with Crippen molar-refractivity contribution in [3.05, 3.63) is 47.9 Å². The number of nitrogens with two attached hydrogens (primary N) is 1. The van der Waals surface area contributed by atoms with E-state index in [1.54, 1.807) is 24.3 Å². The summed E-state index contributed by atoms with van der Waals surface area (Å²) in [6.45, 7) is 0.164. The zero-order chi connectivity index (χ0) is 11.4. The van der Waals surface area contributed by atoms with Gasteiger partial charge in [0.2, 0.25) is 5.88 Å². The molecule has 0 fully saturated rings. The molecule has 1 aromatic carbocycles. The SMILES string of the molecule is NCc1ccc(Oc2cccnn2)cc1F. The quantitative estimate of drug-likeness (QED) is 0.855. The van der Waals surface area contributed by atoms with Gasteiger partial charge in [-0.15, -0.1) is 5.10 Å². The van der Waals surface area contributed by atoms with Crippen LogP contribution in [-0.2, 0) is 6.54 Å². The highest BCUT2D eigenvalue weighted by Gasteiger charge is 2.04. The van der Waals surface area contributed by atoms with Gasteiger partial charge in [0.05, 0.1) is 0 Å². The Hall–Kier alpha value is -2.01. The van der Waals surface area contributed by atoms with Crippen molar-refractivity contribution in [2.45, 2.75) is 6.54 Å². The van der Waals surface area contributed by atoms with Crippen molar-refractivity contribution in [3.8, 4) is 11.6 Å². The molecule has 0 bridgehead atoms. The second-order valence-corrected chi connectivity index (χ2v) is 3.12. The monoisotopic (exact) mass is 219 g/mol. The lowest BCUT2D eigenvalue weighted by Crippen LogP contribution is -1.99. The Labute approximate surface area is 91.9 Å². The normalized spacial score (nSPS) is 10.1. The maximum atomic E-state index is 13.4. The van der Waals surface area contributed by atoms with Gasteiger partial charge in [-0.25, -0.2) is 4.39 Å². The fourth-order valence-electron chi connectivity index (χ4n) is 1.22. The Morgan fingerprint density at radius 1 is 1.31 bits per heavy atom. The Bertz CT molecular complexity index is 476. The van der Waals surface area contributed by atoms with E-state index in [0.29, 0.717) is 17.2 Å². The molecule has 0 radical (unpaired) electrons. The van der Waals surface area contributed by atoms with E-state index >= 15 is 0 Å². The first-order chi connectivity index (χ1) is 7.79. The van der Waals surface area contributed by atoms with Crippen molar-refractivity contribution in [3.63, 3.8) is 0 Å². The summed E-state index contributed by atoms with van der Waals surface area (Å²) in [5.41, 5.74) is 5.80. The molecule has 0 aliphatic rings. The van der Waals surface area contributed by atoms with Gasteiger partial charge in [0, 0.05) is 30.4 Å². The molecule has 0 aliphatic heterocycles. The molecule has 0 saturated carbocycles. The number of benzene rings is 1. The molecule has 5 heteroatoms. The third kappa shape index (κ3) is 2.32. The molecule has 1 aromatic heterocycles. The second-order valence-electron chi connectivity index (χ2n) is 3.12. The highest BCUT2D eigenvalue weighted by Crippen LogP contribution is 2.21. The van der Waals surface area contributed by atoms with Gasteiger partial charge in [0.1, 0.15) is 11.6 Å². The summed E-state index contributed by atoms with van der Waals surface area (Å²) in [5, 5.41) is 7.38. The van der Waals surface area contributed by atoms with Crippen molar-refractivity contribution >= 4 is 0 Å². The van der Waals surface area contributed by atoms with E-state index in [1.165, 1.54) is 12.3 Å². The first-order valence-corrected chi connectivity index (χ1v) is 4.73. The minimum absolute atomic E-state index is 0.164. The zero-order valence-corrected chi connectivity index (χ0v) is 8.43. The van der Waals surface area contributed by atoms with Crippen LogP contribution >= 0.6 is 0 Å². The van der Waals surface area contributed by atoms with Gasteiger partial charge in [0.25, 0.3) is 0 Å². The average molecular weight is 219 g/mol. The van der Waals surface area contributed by atoms with Gasteiger partial charge in [-0.3, -0.25) is 0 Å². The number of aromatic nitrogens is 2. The summed E-state index contributed by atoms with van der Waals surface area (Å²) in [6.07, 6.45) is 1.53. The number of hydrogen-bond acceptors (Lipinski definition) is 4. The predicted molar refractivity (Wildman–Crippen MR) is 56.4 cm³/mol. The summed E-state index contributed by atoms with van der Waals surface area (Å²) < 4.78 is 18.7. The number of halogens is 1. The van der Waals surface area contributed by atoms with Crippen LogP contribution in [0.5, 0.6) is 11.6 Å². The van der Waals surface area contributed by atoms with Crippen molar-refractivity contribution in [2.75, 3.05) is 0 Å². The van der Waals surface area contributed by atoms with Crippen LogP contribution in [0.1, 0.15) is 5.56 Å². The molecule has 1 heterocycles. The second kappa shape index (κ2) is 4.67. The zero-order valence-electron chi connectivity index (χ0n) is 8.43. The highest BCUT2D eigenvalue weighted by molar-refractivity contribution is 5.31. The summed E-state index contributed by atoms with van der Waals surface area (Å²) in [4.78, 5) is 0. The Morgan fingerprint density at radius 3 is 2.81 bits per heavy atom. The van der Waals surface area contributed by atoms with E-state index < -0.39 is 0 Å². The molecule has 82 valence electrons. The summed E-state index contributed by atoms with van der Waals surface area (Å²) in [6, 6.07) is 7.83. The Morgan fingerprint density at radius 2 is 2.19 bits per heavy atom. The van der Waals surface area contributed by atoms with Crippen molar-refractivity contribution < 1.29 is 9.13 Å². The van der Waals surface area contributed by atoms with E-state index in [-0.39, 0.29) is 12.4 Å². The van der Waals surface area contributed by atoms with E-state index in [9.17, 15) is 4.39 Å². The minimum atomic E-state index is -0.385. The van der Waals surface area contributed by atoms with Gasteiger partial charge in [-0.1, -0.05) is 6.07 Å². The van der Waals surface area contributed by atoms with Crippen LogP contribution in [0.25, 0.3) is 0 Å². The molecule has 0 spiro atoms. The summed E-state index contributed by atoms with van der Waals surface area (Å²) in [5.74, 6) is 0.307. The van der Waals surface area contributed by atoms with Crippen LogP contribution in [0.15, 0.2) is 36.5 Å². The number of nitrogens with zero attached hydrogens (tertiary/aromatic N) is 2. The lowest BCUT2D eigenvalue weighted by molar-refractivity contribution is 0.450. The van der Waals surface area contributed by atoms with Crippen LogP contribution < -0.4 is 10.5 Å². The third-order valence-corrected chi connectivity index (χ3v) is 2.01.